The van der Waals surface area contributed by atoms with Crippen molar-refractivity contribution in [2.75, 3.05) is 51.7 Å². The Morgan fingerprint density at radius 1 is 1.30 bits per heavy atom. The Kier molecular flexibility index (Phi) is 8.22. The predicted molar refractivity (Wildman–Crippen MR) is 110 cm³/mol. The Morgan fingerprint density at radius 3 is 2.85 bits per heavy atom. The van der Waals surface area contributed by atoms with Crippen molar-refractivity contribution in [2.45, 2.75) is 38.0 Å². The molecular formula is C18H33N7OS. The summed E-state index contributed by atoms with van der Waals surface area (Å²) in [5.41, 5.74) is 0. The second kappa shape index (κ2) is 10.9. The average Bonchev–Trinajstić information content (AvgIpc) is 3.32. The second-order valence-electron chi connectivity index (χ2n) is 7.14. The summed E-state index contributed by atoms with van der Waals surface area (Å²) < 4.78 is 7.40. The number of aromatic nitrogens is 3. The largest absolute Gasteiger partial charge is 0.379 e. The van der Waals surface area contributed by atoms with Gasteiger partial charge in [-0.1, -0.05) is 0 Å². The zero-order valence-electron chi connectivity index (χ0n) is 16.6. The first kappa shape index (κ1) is 20.4. The van der Waals surface area contributed by atoms with Crippen LogP contribution in [0.5, 0.6) is 0 Å². The summed E-state index contributed by atoms with van der Waals surface area (Å²) in [5.74, 6) is 3.96. The Hall–Kier alpha value is -1.32. The number of rotatable bonds is 8. The number of guanidine groups is 1. The van der Waals surface area contributed by atoms with Gasteiger partial charge in [-0.3, -0.25) is 4.90 Å². The van der Waals surface area contributed by atoms with Crippen LogP contribution >= 0.6 is 11.8 Å². The fourth-order valence-electron chi connectivity index (χ4n) is 3.26. The molecule has 1 unspecified atom stereocenters. The van der Waals surface area contributed by atoms with Crippen LogP contribution in [0.3, 0.4) is 0 Å². The van der Waals surface area contributed by atoms with Crippen molar-refractivity contribution in [3.05, 3.63) is 11.6 Å². The lowest BCUT2D eigenvalue weighted by Crippen LogP contribution is -2.42. The number of nitrogens with one attached hydrogen (secondary N) is 2. The minimum atomic E-state index is 0.536. The fraction of sp³-hybridized carbons (Fsp3) is 0.833. The van der Waals surface area contributed by atoms with E-state index in [9.17, 15) is 0 Å². The molecule has 0 bridgehead atoms. The maximum Gasteiger partial charge on any atom is 0.191 e. The van der Waals surface area contributed by atoms with Crippen LogP contribution in [0.15, 0.2) is 4.99 Å². The number of thioether (sulfide) groups is 1. The van der Waals surface area contributed by atoms with Crippen molar-refractivity contribution in [1.29, 1.82) is 0 Å². The zero-order valence-corrected chi connectivity index (χ0v) is 17.4. The van der Waals surface area contributed by atoms with Gasteiger partial charge in [0.15, 0.2) is 11.8 Å². The van der Waals surface area contributed by atoms with Gasteiger partial charge in [0, 0.05) is 38.5 Å². The van der Waals surface area contributed by atoms with Crippen LogP contribution in [0.25, 0.3) is 0 Å². The van der Waals surface area contributed by atoms with Gasteiger partial charge < -0.3 is 19.9 Å². The van der Waals surface area contributed by atoms with Crippen LogP contribution in [0.2, 0.25) is 0 Å². The van der Waals surface area contributed by atoms with E-state index in [1.165, 1.54) is 18.6 Å². The smallest absolute Gasteiger partial charge is 0.191 e. The molecule has 0 radical (unpaired) electrons. The molecule has 1 aromatic rings. The van der Waals surface area contributed by atoms with Crippen LogP contribution in [-0.2, 0) is 18.3 Å². The van der Waals surface area contributed by atoms with E-state index in [1.54, 1.807) is 0 Å². The summed E-state index contributed by atoms with van der Waals surface area (Å²) >= 11 is 2.06. The molecule has 0 amide bonds. The standard InChI is InChI=1S/C18H33N7OS/c1-15-22-23-17(24(15)2)14-21-18(20-13-16-5-3-12-27-16)19-6-4-7-25-8-10-26-11-9-25/h16H,3-14H2,1-2H3,(H2,19,20,21). The molecule has 9 heteroatoms. The maximum absolute atomic E-state index is 5.41. The summed E-state index contributed by atoms with van der Waals surface area (Å²) in [6.45, 7) is 9.29. The highest BCUT2D eigenvalue weighted by atomic mass is 32.2. The third kappa shape index (κ3) is 6.65. The van der Waals surface area contributed by atoms with Gasteiger partial charge in [0.05, 0.1) is 13.2 Å². The van der Waals surface area contributed by atoms with E-state index in [0.717, 1.165) is 70.0 Å². The first-order chi connectivity index (χ1) is 13.2. The highest BCUT2D eigenvalue weighted by Gasteiger charge is 2.16. The minimum Gasteiger partial charge on any atom is -0.379 e. The second-order valence-corrected chi connectivity index (χ2v) is 8.55. The topological polar surface area (TPSA) is 79.6 Å². The van der Waals surface area contributed by atoms with Crippen molar-refractivity contribution in [2.24, 2.45) is 12.0 Å². The molecule has 152 valence electrons. The predicted octanol–water partition coefficient (Wildman–Crippen LogP) is 0.777. The summed E-state index contributed by atoms with van der Waals surface area (Å²) in [5, 5.41) is 16.0. The maximum atomic E-state index is 5.41. The molecule has 2 aliphatic rings. The molecule has 2 saturated heterocycles. The molecule has 8 nitrogen and oxygen atoms in total. The molecule has 27 heavy (non-hydrogen) atoms. The van der Waals surface area contributed by atoms with Crippen LogP contribution in [0.1, 0.15) is 30.9 Å². The van der Waals surface area contributed by atoms with E-state index >= 15 is 0 Å². The molecule has 3 heterocycles. The fourth-order valence-corrected chi connectivity index (χ4v) is 4.46. The highest BCUT2D eigenvalue weighted by Crippen LogP contribution is 2.25. The van der Waals surface area contributed by atoms with Gasteiger partial charge in [-0.15, -0.1) is 10.2 Å². The third-order valence-electron chi connectivity index (χ3n) is 5.13. The molecule has 2 aliphatic heterocycles. The average molecular weight is 396 g/mol. The Labute approximate surface area is 166 Å². The lowest BCUT2D eigenvalue weighted by molar-refractivity contribution is 0.0376. The van der Waals surface area contributed by atoms with Crippen LogP contribution in [0.4, 0.5) is 0 Å². The number of morpholine rings is 1. The molecule has 3 rings (SSSR count). The third-order valence-corrected chi connectivity index (χ3v) is 6.53. The van der Waals surface area contributed by atoms with Gasteiger partial charge in [0.25, 0.3) is 0 Å². The minimum absolute atomic E-state index is 0.536. The highest BCUT2D eigenvalue weighted by molar-refractivity contribution is 8.00. The van der Waals surface area contributed by atoms with Crippen molar-refractivity contribution in [3.8, 4) is 0 Å². The summed E-state index contributed by atoms with van der Waals surface area (Å²) in [6, 6.07) is 0. The van der Waals surface area contributed by atoms with E-state index in [4.69, 9.17) is 9.73 Å². The number of ether oxygens (including phenoxy) is 1. The SMILES string of the molecule is Cc1nnc(CN=C(NCCCN2CCOCC2)NCC2CCCS2)n1C. The van der Waals surface area contributed by atoms with Gasteiger partial charge in [-0.05, 0) is 38.5 Å². The van der Waals surface area contributed by atoms with Crippen LogP contribution in [0, 0.1) is 6.92 Å². The number of aliphatic imine (C=N–C) groups is 1. The molecule has 0 aliphatic carbocycles. The van der Waals surface area contributed by atoms with E-state index < -0.39 is 0 Å². The number of nitrogens with zero attached hydrogens (tertiary/aromatic N) is 5. The normalized spacial score (nSPS) is 21.6. The quantitative estimate of drug-likeness (QED) is 0.382. The van der Waals surface area contributed by atoms with Gasteiger partial charge >= 0.3 is 0 Å². The molecule has 1 aromatic heterocycles. The van der Waals surface area contributed by atoms with E-state index in [1.807, 2.05) is 18.5 Å². The van der Waals surface area contributed by atoms with Crippen molar-refractivity contribution < 1.29 is 4.74 Å². The molecular weight excluding hydrogens is 362 g/mol. The summed E-state index contributed by atoms with van der Waals surface area (Å²) in [4.78, 5) is 7.21. The van der Waals surface area contributed by atoms with Crippen LogP contribution < -0.4 is 10.6 Å². The molecule has 2 N–H and O–H groups in total. The van der Waals surface area contributed by atoms with Crippen molar-refractivity contribution >= 4 is 17.7 Å². The molecule has 0 aromatic carbocycles. The van der Waals surface area contributed by atoms with Gasteiger partial charge in [0.2, 0.25) is 0 Å². The Balaban J connectivity index is 1.46. The summed E-state index contributed by atoms with van der Waals surface area (Å²) in [7, 11) is 1.98. The van der Waals surface area contributed by atoms with E-state index in [-0.39, 0.29) is 0 Å². The van der Waals surface area contributed by atoms with E-state index in [0.29, 0.717) is 11.8 Å². The lowest BCUT2D eigenvalue weighted by Gasteiger charge is -2.26. The molecule has 0 spiro atoms. The molecule has 0 saturated carbocycles. The van der Waals surface area contributed by atoms with Crippen molar-refractivity contribution in [3.63, 3.8) is 0 Å². The first-order valence-electron chi connectivity index (χ1n) is 10.0. The number of aryl methyl sites for hydroxylation is 1. The van der Waals surface area contributed by atoms with Gasteiger partial charge in [-0.25, -0.2) is 4.99 Å². The Morgan fingerprint density at radius 2 is 2.15 bits per heavy atom. The monoisotopic (exact) mass is 395 g/mol. The molecule has 1 atom stereocenters. The summed E-state index contributed by atoms with van der Waals surface area (Å²) in [6.07, 6.45) is 3.72. The van der Waals surface area contributed by atoms with E-state index in [2.05, 4.69) is 37.5 Å². The first-order valence-corrected chi connectivity index (χ1v) is 11.1. The van der Waals surface area contributed by atoms with Gasteiger partial charge in [0.1, 0.15) is 12.4 Å². The lowest BCUT2D eigenvalue weighted by atomic mass is 10.2. The van der Waals surface area contributed by atoms with Gasteiger partial charge in [-0.2, -0.15) is 11.8 Å². The van der Waals surface area contributed by atoms with Crippen molar-refractivity contribution in [1.82, 2.24) is 30.3 Å². The van der Waals surface area contributed by atoms with Crippen LogP contribution in [-0.4, -0.2) is 82.6 Å². The zero-order chi connectivity index (χ0) is 18.9. The Bertz CT molecular complexity index is 595. The number of hydrogen-bond donors (Lipinski definition) is 2. The molecule has 2 fully saturated rings. The number of hydrogen-bond acceptors (Lipinski definition) is 6.